The lowest BCUT2D eigenvalue weighted by molar-refractivity contribution is -0.115. The van der Waals surface area contributed by atoms with E-state index in [1.54, 1.807) is 17.5 Å². The van der Waals surface area contributed by atoms with Gasteiger partial charge in [0.2, 0.25) is 5.91 Å². The molecule has 2 aromatic heterocycles. The minimum Gasteiger partial charge on any atom is -0.274 e. The van der Waals surface area contributed by atoms with Crippen LogP contribution in [0.1, 0.15) is 23.1 Å². The summed E-state index contributed by atoms with van der Waals surface area (Å²) >= 11 is 1.07. The smallest absolute Gasteiger partial charge is 0.274 e. The summed E-state index contributed by atoms with van der Waals surface area (Å²) in [6, 6.07) is 7.79. The molecule has 1 N–H and O–H groups in total. The third-order valence-electron chi connectivity index (χ3n) is 3.43. The number of nitrogens with one attached hydrogen (secondary N) is 1. The van der Waals surface area contributed by atoms with E-state index in [1.165, 1.54) is 25.4 Å². The first-order chi connectivity index (χ1) is 13.5. The molecule has 0 unspecified atom stereocenters. The zero-order valence-corrected chi connectivity index (χ0v) is 15.3. The van der Waals surface area contributed by atoms with Gasteiger partial charge in [0, 0.05) is 24.6 Å². The molecule has 2 heterocycles. The number of thiazole rings is 1. The lowest BCUT2D eigenvalue weighted by Gasteiger charge is -2.18. The quantitative estimate of drug-likeness (QED) is 0.525. The van der Waals surface area contributed by atoms with Crippen LogP contribution in [0.4, 0.5) is 19.6 Å². The van der Waals surface area contributed by atoms with Crippen LogP contribution < -0.4 is 10.3 Å². The Morgan fingerprint density at radius 2 is 2.07 bits per heavy atom. The van der Waals surface area contributed by atoms with E-state index in [4.69, 9.17) is 0 Å². The van der Waals surface area contributed by atoms with Crippen molar-refractivity contribution in [2.24, 2.45) is 5.10 Å². The fourth-order valence-corrected chi connectivity index (χ4v) is 3.05. The second-order valence-corrected chi connectivity index (χ2v) is 6.26. The van der Waals surface area contributed by atoms with Gasteiger partial charge >= 0.3 is 0 Å². The van der Waals surface area contributed by atoms with Gasteiger partial charge in [0.05, 0.1) is 17.6 Å². The van der Waals surface area contributed by atoms with Crippen LogP contribution in [0.25, 0.3) is 0 Å². The van der Waals surface area contributed by atoms with Crippen molar-refractivity contribution in [3.05, 3.63) is 71.0 Å². The average molecular weight is 401 g/mol. The summed E-state index contributed by atoms with van der Waals surface area (Å²) < 4.78 is 27.2. The van der Waals surface area contributed by atoms with Crippen LogP contribution >= 0.6 is 11.3 Å². The lowest BCUT2D eigenvalue weighted by Crippen LogP contribution is -2.23. The third-order valence-corrected chi connectivity index (χ3v) is 4.27. The summed E-state index contributed by atoms with van der Waals surface area (Å²) in [5, 5.41) is 5.54. The zero-order chi connectivity index (χ0) is 20.1. The fourth-order valence-electron chi connectivity index (χ4n) is 2.22. The van der Waals surface area contributed by atoms with Gasteiger partial charge in [-0.25, -0.2) is 19.2 Å². The number of hydrogen-bond acceptors (Lipinski definition) is 6. The molecule has 3 rings (SSSR count). The molecule has 0 spiro atoms. The van der Waals surface area contributed by atoms with Gasteiger partial charge in [-0.3, -0.25) is 19.5 Å². The molecule has 0 aliphatic carbocycles. The Morgan fingerprint density at radius 3 is 2.75 bits per heavy atom. The molecule has 7 nitrogen and oxygen atoms in total. The van der Waals surface area contributed by atoms with E-state index >= 15 is 0 Å². The number of hydrazone groups is 1. The normalized spacial score (nSPS) is 10.8. The maximum Gasteiger partial charge on any atom is 0.289 e. The Morgan fingerprint density at radius 1 is 1.25 bits per heavy atom. The SMILES string of the molecule is CC(=O)N(c1nc(/C=N\NC(=O)c2ccccn2)cs1)c1ccc(F)cc1F. The molecule has 28 heavy (non-hydrogen) atoms. The van der Waals surface area contributed by atoms with Crippen LogP contribution in [0, 0.1) is 11.6 Å². The van der Waals surface area contributed by atoms with Gasteiger partial charge in [-0.1, -0.05) is 6.07 Å². The number of benzene rings is 1. The number of amides is 2. The molecule has 0 saturated carbocycles. The van der Waals surface area contributed by atoms with Gasteiger partial charge < -0.3 is 0 Å². The van der Waals surface area contributed by atoms with E-state index in [9.17, 15) is 18.4 Å². The number of rotatable bonds is 5. The van der Waals surface area contributed by atoms with Gasteiger partial charge in [0.15, 0.2) is 5.13 Å². The van der Waals surface area contributed by atoms with Gasteiger partial charge in [0.1, 0.15) is 17.3 Å². The summed E-state index contributed by atoms with van der Waals surface area (Å²) in [4.78, 5) is 33.0. The summed E-state index contributed by atoms with van der Waals surface area (Å²) in [5.74, 6) is -2.62. The zero-order valence-electron chi connectivity index (χ0n) is 14.5. The molecule has 0 aliphatic rings. The van der Waals surface area contributed by atoms with Crippen LogP contribution in [-0.2, 0) is 4.79 Å². The van der Waals surface area contributed by atoms with E-state index in [0.29, 0.717) is 11.8 Å². The minimum absolute atomic E-state index is 0.116. The molecule has 10 heteroatoms. The largest absolute Gasteiger partial charge is 0.289 e. The number of nitrogens with zero attached hydrogens (tertiary/aromatic N) is 4. The minimum atomic E-state index is -0.886. The number of anilines is 2. The van der Waals surface area contributed by atoms with Crippen LogP contribution in [0.2, 0.25) is 0 Å². The Labute approximate surface area is 162 Å². The molecule has 0 atom stereocenters. The van der Waals surface area contributed by atoms with Crippen molar-refractivity contribution in [3.8, 4) is 0 Å². The van der Waals surface area contributed by atoms with Crippen molar-refractivity contribution in [2.75, 3.05) is 4.90 Å². The summed E-state index contributed by atoms with van der Waals surface area (Å²) in [6.45, 7) is 1.24. The van der Waals surface area contributed by atoms with Crippen LogP contribution in [0.3, 0.4) is 0 Å². The standard InChI is InChI=1S/C18H13F2N5O2S/c1-11(26)25(16-6-5-12(19)8-14(16)20)18-23-13(10-28-18)9-22-24-17(27)15-4-2-3-7-21-15/h2-10H,1H3,(H,24,27)/b22-9-. The fraction of sp³-hybridized carbons (Fsp3) is 0.0556. The van der Waals surface area contributed by atoms with Crippen LogP contribution in [0.15, 0.2) is 53.1 Å². The second kappa shape index (κ2) is 8.44. The Hall–Kier alpha value is -3.53. The number of aromatic nitrogens is 2. The van der Waals surface area contributed by atoms with E-state index in [2.05, 4.69) is 20.5 Å². The molecule has 0 bridgehead atoms. The van der Waals surface area contributed by atoms with Crippen molar-refractivity contribution in [1.82, 2.24) is 15.4 Å². The molecule has 142 valence electrons. The first-order valence-corrected chi connectivity index (χ1v) is 8.79. The molecule has 0 radical (unpaired) electrons. The van der Waals surface area contributed by atoms with Crippen molar-refractivity contribution >= 4 is 40.2 Å². The molecule has 2 amide bonds. The van der Waals surface area contributed by atoms with E-state index < -0.39 is 23.4 Å². The molecular weight excluding hydrogens is 388 g/mol. The molecule has 0 aliphatic heterocycles. The third kappa shape index (κ3) is 4.41. The molecule has 3 aromatic rings. The summed E-state index contributed by atoms with van der Waals surface area (Å²) in [7, 11) is 0. The summed E-state index contributed by atoms with van der Waals surface area (Å²) in [6.07, 6.45) is 2.76. The molecule has 0 saturated heterocycles. The van der Waals surface area contributed by atoms with E-state index in [0.717, 1.165) is 28.4 Å². The van der Waals surface area contributed by atoms with Crippen molar-refractivity contribution in [1.29, 1.82) is 0 Å². The van der Waals surface area contributed by atoms with Gasteiger partial charge in [0.25, 0.3) is 5.91 Å². The maximum absolute atomic E-state index is 14.1. The summed E-state index contributed by atoms with van der Waals surface area (Å²) in [5.41, 5.74) is 2.74. The monoisotopic (exact) mass is 401 g/mol. The number of carbonyl (C=O) groups is 2. The first kappa shape index (κ1) is 19.2. The number of pyridine rings is 1. The van der Waals surface area contributed by atoms with E-state index in [1.807, 2.05) is 0 Å². The maximum atomic E-state index is 14.1. The Bertz CT molecular complexity index is 1040. The van der Waals surface area contributed by atoms with Gasteiger partial charge in [-0.15, -0.1) is 11.3 Å². The highest BCUT2D eigenvalue weighted by molar-refractivity contribution is 7.14. The molecular formula is C18H13F2N5O2S. The van der Waals surface area contributed by atoms with Crippen molar-refractivity contribution < 1.29 is 18.4 Å². The molecule has 1 aromatic carbocycles. The number of carbonyl (C=O) groups excluding carboxylic acids is 2. The van der Waals surface area contributed by atoms with Crippen LogP contribution in [0.5, 0.6) is 0 Å². The molecule has 0 fully saturated rings. The predicted octanol–water partition coefficient (Wildman–Crippen LogP) is 3.26. The highest BCUT2D eigenvalue weighted by atomic mass is 32.1. The van der Waals surface area contributed by atoms with Crippen molar-refractivity contribution in [2.45, 2.75) is 6.92 Å². The van der Waals surface area contributed by atoms with Crippen LogP contribution in [-0.4, -0.2) is 28.0 Å². The highest BCUT2D eigenvalue weighted by Gasteiger charge is 2.21. The van der Waals surface area contributed by atoms with E-state index in [-0.39, 0.29) is 16.5 Å². The average Bonchev–Trinajstić information content (AvgIpc) is 3.12. The first-order valence-electron chi connectivity index (χ1n) is 7.91. The van der Waals surface area contributed by atoms with Crippen molar-refractivity contribution in [3.63, 3.8) is 0 Å². The highest BCUT2D eigenvalue weighted by Crippen LogP contribution is 2.30. The Kier molecular flexibility index (Phi) is 5.80. The number of hydrogen-bond donors (Lipinski definition) is 1. The second-order valence-electron chi connectivity index (χ2n) is 5.42. The Balaban J connectivity index is 1.76. The number of halogens is 2. The topological polar surface area (TPSA) is 87.5 Å². The van der Waals surface area contributed by atoms with Gasteiger partial charge in [-0.05, 0) is 24.3 Å². The predicted molar refractivity (Wildman–Crippen MR) is 101 cm³/mol. The lowest BCUT2D eigenvalue weighted by atomic mass is 10.2. The van der Waals surface area contributed by atoms with Gasteiger partial charge in [-0.2, -0.15) is 5.10 Å².